The zero-order valence-corrected chi connectivity index (χ0v) is 17.3. The maximum Gasteiger partial charge on any atom is 0.417 e. The van der Waals surface area contributed by atoms with Crippen LogP contribution in [0.5, 0.6) is 0 Å². The molecule has 2 heterocycles. The molecule has 0 radical (unpaired) electrons. The quantitative estimate of drug-likeness (QED) is 0.486. The molecule has 0 aliphatic rings. The van der Waals surface area contributed by atoms with Gasteiger partial charge in [-0.2, -0.15) is 13.2 Å². The number of carbonyl (C=O) groups excluding carboxylic acids is 1. The van der Waals surface area contributed by atoms with Gasteiger partial charge in [-0.1, -0.05) is 11.6 Å². The second-order valence-electron chi connectivity index (χ2n) is 6.55. The lowest BCUT2D eigenvalue weighted by Crippen LogP contribution is -2.32. The van der Waals surface area contributed by atoms with Crippen LogP contribution < -0.4 is 16.0 Å². The zero-order valence-electron chi connectivity index (χ0n) is 16.6. The summed E-state index contributed by atoms with van der Waals surface area (Å²) < 4.78 is 40.5. The monoisotopic (exact) mass is 453 g/mol. The van der Waals surface area contributed by atoms with Crippen molar-refractivity contribution in [1.82, 2.24) is 24.8 Å². The molecule has 0 aliphatic carbocycles. The third kappa shape index (κ3) is 5.63. The van der Waals surface area contributed by atoms with Gasteiger partial charge in [0.05, 0.1) is 16.3 Å². The standard InChI is InChI=1S/C19H19ClF3N7O/c1-11-12(2)30(10-28-11)17-8-16(26-9-27-17)24-5-6-25-18(31)29-13-3-4-15(20)14(7-13)19(21,22)23/h3-4,7-10H,5-6H2,1-2H3,(H,24,26,27)(H2,25,29,31). The summed E-state index contributed by atoms with van der Waals surface area (Å²) in [5.74, 6) is 1.19. The van der Waals surface area contributed by atoms with Crippen molar-refractivity contribution >= 4 is 29.1 Å². The van der Waals surface area contributed by atoms with Gasteiger partial charge in [0.25, 0.3) is 0 Å². The summed E-state index contributed by atoms with van der Waals surface area (Å²) in [6.07, 6.45) is -1.53. The Kier molecular flexibility index (Phi) is 6.64. The second-order valence-corrected chi connectivity index (χ2v) is 6.95. The number of alkyl halides is 3. The number of hydrogen-bond acceptors (Lipinski definition) is 5. The highest BCUT2D eigenvalue weighted by molar-refractivity contribution is 6.31. The average molecular weight is 454 g/mol. The molecule has 0 bridgehead atoms. The number of benzene rings is 1. The van der Waals surface area contributed by atoms with Crippen LogP contribution in [0.3, 0.4) is 0 Å². The number of carbonyl (C=O) groups is 1. The average Bonchev–Trinajstić information content (AvgIpc) is 3.05. The molecule has 3 aromatic rings. The lowest BCUT2D eigenvalue weighted by Gasteiger charge is -2.13. The van der Waals surface area contributed by atoms with Crippen molar-refractivity contribution in [1.29, 1.82) is 0 Å². The van der Waals surface area contributed by atoms with E-state index in [0.717, 1.165) is 23.5 Å². The molecule has 0 aliphatic heterocycles. The van der Waals surface area contributed by atoms with Crippen molar-refractivity contribution in [2.45, 2.75) is 20.0 Å². The number of nitrogens with one attached hydrogen (secondary N) is 3. The first-order valence-corrected chi connectivity index (χ1v) is 9.51. The Balaban J connectivity index is 1.51. The third-order valence-electron chi connectivity index (χ3n) is 4.40. The van der Waals surface area contributed by atoms with Gasteiger partial charge in [-0.05, 0) is 32.0 Å². The van der Waals surface area contributed by atoms with E-state index in [0.29, 0.717) is 18.2 Å². The maximum absolute atomic E-state index is 12.9. The molecule has 1 aromatic carbocycles. The second kappa shape index (κ2) is 9.21. The van der Waals surface area contributed by atoms with Crippen LogP contribution in [0.1, 0.15) is 17.0 Å². The number of nitrogens with zero attached hydrogens (tertiary/aromatic N) is 4. The van der Waals surface area contributed by atoms with Gasteiger partial charge < -0.3 is 16.0 Å². The van der Waals surface area contributed by atoms with Gasteiger partial charge in [0.1, 0.15) is 24.3 Å². The van der Waals surface area contributed by atoms with E-state index in [1.807, 2.05) is 18.4 Å². The van der Waals surface area contributed by atoms with Gasteiger partial charge in [0, 0.05) is 30.5 Å². The minimum absolute atomic E-state index is 0.0198. The summed E-state index contributed by atoms with van der Waals surface area (Å²) in [4.78, 5) is 24.5. The first kappa shape index (κ1) is 22.3. The largest absolute Gasteiger partial charge is 0.417 e. The smallest absolute Gasteiger partial charge is 0.368 e. The molecule has 2 aromatic heterocycles. The van der Waals surface area contributed by atoms with Crippen molar-refractivity contribution in [3.63, 3.8) is 0 Å². The molecule has 8 nitrogen and oxygen atoms in total. The normalized spacial score (nSPS) is 11.3. The topological polar surface area (TPSA) is 96.8 Å². The number of rotatable bonds is 6. The third-order valence-corrected chi connectivity index (χ3v) is 4.73. The van der Waals surface area contributed by atoms with Gasteiger partial charge in [0.2, 0.25) is 0 Å². The van der Waals surface area contributed by atoms with Gasteiger partial charge in [-0.3, -0.25) is 4.57 Å². The zero-order chi connectivity index (χ0) is 22.6. The highest BCUT2D eigenvalue weighted by Gasteiger charge is 2.33. The molecule has 0 spiro atoms. The summed E-state index contributed by atoms with van der Waals surface area (Å²) in [5, 5.41) is 7.50. The predicted molar refractivity (Wildman–Crippen MR) is 111 cm³/mol. The van der Waals surface area contributed by atoms with Crippen molar-refractivity contribution in [3.05, 3.63) is 58.9 Å². The molecule has 0 saturated carbocycles. The van der Waals surface area contributed by atoms with Crippen LogP contribution in [0.25, 0.3) is 5.82 Å². The van der Waals surface area contributed by atoms with Crippen LogP contribution in [0, 0.1) is 13.8 Å². The highest BCUT2D eigenvalue weighted by Crippen LogP contribution is 2.36. The molecular formula is C19H19ClF3N7O. The van der Waals surface area contributed by atoms with Crippen molar-refractivity contribution in [2.75, 3.05) is 23.7 Å². The predicted octanol–water partition coefficient (Wildman–Crippen LogP) is 4.18. The fourth-order valence-electron chi connectivity index (χ4n) is 2.67. The fourth-order valence-corrected chi connectivity index (χ4v) is 2.89. The van der Waals surface area contributed by atoms with E-state index in [-0.39, 0.29) is 12.2 Å². The fraction of sp³-hybridized carbons (Fsp3) is 0.263. The minimum atomic E-state index is -4.61. The van der Waals surface area contributed by atoms with Gasteiger partial charge >= 0.3 is 12.2 Å². The number of amides is 2. The number of hydrogen-bond donors (Lipinski definition) is 3. The molecule has 164 valence electrons. The summed E-state index contributed by atoms with van der Waals surface area (Å²) in [7, 11) is 0. The van der Waals surface area contributed by atoms with E-state index < -0.39 is 22.8 Å². The van der Waals surface area contributed by atoms with E-state index in [1.54, 1.807) is 12.4 Å². The van der Waals surface area contributed by atoms with Gasteiger partial charge in [0.15, 0.2) is 0 Å². The molecule has 3 rings (SSSR count). The Morgan fingerprint density at radius 2 is 1.90 bits per heavy atom. The van der Waals surface area contributed by atoms with Crippen LogP contribution in [0.2, 0.25) is 5.02 Å². The number of aryl methyl sites for hydroxylation is 1. The van der Waals surface area contributed by atoms with Crippen LogP contribution >= 0.6 is 11.6 Å². The molecule has 2 amide bonds. The van der Waals surface area contributed by atoms with Gasteiger partial charge in [-0.25, -0.2) is 19.7 Å². The SMILES string of the molecule is Cc1ncn(-c2cc(NCCNC(=O)Nc3ccc(Cl)c(C(F)(F)F)c3)ncn2)c1C. The molecule has 31 heavy (non-hydrogen) atoms. The molecule has 0 unspecified atom stereocenters. The first-order chi connectivity index (χ1) is 14.6. The first-order valence-electron chi connectivity index (χ1n) is 9.13. The molecular weight excluding hydrogens is 435 g/mol. The molecule has 12 heteroatoms. The lowest BCUT2D eigenvalue weighted by molar-refractivity contribution is -0.137. The Hall–Kier alpha value is -3.34. The van der Waals surface area contributed by atoms with Crippen LogP contribution in [-0.2, 0) is 6.18 Å². The van der Waals surface area contributed by atoms with Crippen molar-refractivity contribution in [2.24, 2.45) is 0 Å². The Bertz CT molecular complexity index is 1080. The number of urea groups is 1. The number of halogens is 4. The van der Waals surface area contributed by atoms with E-state index in [4.69, 9.17) is 11.6 Å². The Morgan fingerprint density at radius 1 is 1.13 bits per heavy atom. The minimum Gasteiger partial charge on any atom is -0.368 e. The van der Waals surface area contributed by atoms with E-state index in [9.17, 15) is 18.0 Å². The summed E-state index contributed by atoms with van der Waals surface area (Å²) in [6, 6.07) is 4.24. The number of anilines is 2. The van der Waals surface area contributed by atoms with Crippen LogP contribution in [-0.4, -0.2) is 38.6 Å². The summed E-state index contributed by atoms with van der Waals surface area (Å²) in [5.41, 5.74) is 0.815. The van der Waals surface area contributed by atoms with Crippen LogP contribution in [0.15, 0.2) is 36.9 Å². The summed E-state index contributed by atoms with van der Waals surface area (Å²) in [6.45, 7) is 4.36. The van der Waals surface area contributed by atoms with Crippen molar-refractivity contribution < 1.29 is 18.0 Å². The van der Waals surface area contributed by atoms with E-state index in [2.05, 4.69) is 30.9 Å². The molecule has 3 N–H and O–H groups in total. The van der Waals surface area contributed by atoms with Gasteiger partial charge in [-0.15, -0.1) is 0 Å². The number of imidazole rings is 1. The number of aromatic nitrogens is 4. The van der Waals surface area contributed by atoms with Crippen LogP contribution in [0.4, 0.5) is 29.5 Å². The van der Waals surface area contributed by atoms with Crippen molar-refractivity contribution in [3.8, 4) is 5.82 Å². The molecule has 0 saturated heterocycles. The lowest BCUT2D eigenvalue weighted by atomic mass is 10.2. The molecule has 0 fully saturated rings. The highest BCUT2D eigenvalue weighted by atomic mass is 35.5. The van der Waals surface area contributed by atoms with E-state index in [1.165, 1.54) is 12.4 Å². The summed E-state index contributed by atoms with van der Waals surface area (Å²) >= 11 is 5.57. The molecule has 0 atom stereocenters. The van der Waals surface area contributed by atoms with E-state index >= 15 is 0 Å². The Morgan fingerprint density at radius 3 is 2.58 bits per heavy atom. The maximum atomic E-state index is 12.9. The Labute approximate surface area is 180 Å².